The van der Waals surface area contributed by atoms with E-state index in [0.717, 1.165) is 18.6 Å². The first kappa shape index (κ1) is 17.5. The van der Waals surface area contributed by atoms with Crippen molar-refractivity contribution in [3.05, 3.63) is 35.7 Å². The molecule has 0 unspecified atom stereocenters. The summed E-state index contributed by atoms with van der Waals surface area (Å²) in [6.45, 7) is 5.48. The highest BCUT2D eigenvalue weighted by Gasteiger charge is 2.41. The summed E-state index contributed by atoms with van der Waals surface area (Å²) in [6, 6.07) is 3.44. The minimum absolute atomic E-state index is 0.0130. The van der Waals surface area contributed by atoms with Crippen molar-refractivity contribution in [2.24, 2.45) is 0 Å². The fourth-order valence-electron chi connectivity index (χ4n) is 3.13. The van der Waals surface area contributed by atoms with Gasteiger partial charge in [-0.15, -0.1) is 0 Å². The Morgan fingerprint density at radius 1 is 1.36 bits per heavy atom. The van der Waals surface area contributed by atoms with Crippen LogP contribution >= 0.6 is 0 Å². The Balaban J connectivity index is 1.80. The predicted molar refractivity (Wildman–Crippen MR) is 86.4 cm³/mol. The number of rotatable bonds is 5. The zero-order valence-corrected chi connectivity index (χ0v) is 14.2. The molecule has 1 aliphatic heterocycles. The minimum atomic E-state index is -0.966. The van der Waals surface area contributed by atoms with Crippen molar-refractivity contribution >= 4 is 5.91 Å². The van der Waals surface area contributed by atoms with E-state index >= 15 is 0 Å². The first-order chi connectivity index (χ1) is 11.9. The second-order valence-electron chi connectivity index (χ2n) is 6.34. The van der Waals surface area contributed by atoms with Crippen LogP contribution in [-0.4, -0.2) is 39.6 Å². The van der Waals surface area contributed by atoms with Crippen molar-refractivity contribution in [2.45, 2.75) is 38.8 Å². The maximum Gasteiger partial charge on any atom is 0.241 e. The Hall–Kier alpha value is -2.35. The van der Waals surface area contributed by atoms with E-state index in [4.69, 9.17) is 4.52 Å². The van der Waals surface area contributed by atoms with Crippen molar-refractivity contribution < 1.29 is 18.1 Å². The Labute approximate surface area is 144 Å². The van der Waals surface area contributed by atoms with Crippen LogP contribution in [0.15, 0.2) is 22.7 Å². The molecule has 1 saturated heterocycles. The molecular weight excluding hydrogens is 330 g/mol. The molecule has 1 fully saturated rings. The van der Waals surface area contributed by atoms with E-state index in [1.54, 1.807) is 0 Å². The molecule has 1 aromatic carbocycles. The number of benzene rings is 1. The zero-order valence-electron chi connectivity index (χ0n) is 14.2. The number of piperazine rings is 1. The third kappa shape index (κ3) is 3.39. The summed E-state index contributed by atoms with van der Waals surface area (Å²) in [5, 5.41) is 6.72. The molecule has 2 aromatic rings. The average Bonchev–Trinajstić information content (AvgIpc) is 3.04. The third-order valence-electron chi connectivity index (χ3n) is 4.56. The van der Waals surface area contributed by atoms with Gasteiger partial charge in [-0.25, -0.2) is 8.78 Å². The molecule has 1 N–H and O–H groups in total. The summed E-state index contributed by atoms with van der Waals surface area (Å²) < 4.78 is 31.6. The van der Waals surface area contributed by atoms with Gasteiger partial charge in [0.1, 0.15) is 0 Å². The Morgan fingerprint density at radius 2 is 2.16 bits per heavy atom. The maximum absolute atomic E-state index is 13.4. The normalized spacial score (nSPS) is 21.4. The van der Waals surface area contributed by atoms with Gasteiger partial charge < -0.3 is 9.84 Å². The lowest BCUT2D eigenvalue weighted by molar-refractivity contribution is -0.137. The minimum Gasteiger partial charge on any atom is -0.353 e. The highest BCUT2D eigenvalue weighted by Crippen LogP contribution is 2.26. The number of carbonyl (C=O) groups is 1. The van der Waals surface area contributed by atoms with E-state index in [1.165, 1.54) is 6.07 Å². The number of hydrogen-bond donors (Lipinski definition) is 1. The SMILES string of the molecule is CCC[C@@]1(C)C(=O)NCCN1Cc1nc(-c2ccc(F)c(F)c2)no1. The molecule has 6 nitrogen and oxygen atoms in total. The molecule has 0 aliphatic carbocycles. The number of halogens is 2. The topological polar surface area (TPSA) is 71.3 Å². The van der Waals surface area contributed by atoms with Gasteiger partial charge in [0.25, 0.3) is 0 Å². The van der Waals surface area contributed by atoms with Crippen molar-refractivity contribution in [3.8, 4) is 11.4 Å². The molecule has 1 aliphatic rings. The summed E-state index contributed by atoms with van der Waals surface area (Å²) in [4.78, 5) is 18.6. The monoisotopic (exact) mass is 350 g/mol. The van der Waals surface area contributed by atoms with Crippen LogP contribution < -0.4 is 5.32 Å². The highest BCUT2D eigenvalue weighted by atomic mass is 19.2. The molecule has 0 radical (unpaired) electrons. The molecule has 25 heavy (non-hydrogen) atoms. The van der Waals surface area contributed by atoms with Gasteiger partial charge >= 0.3 is 0 Å². The molecule has 0 saturated carbocycles. The van der Waals surface area contributed by atoms with Gasteiger partial charge in [-0.2, -0.15) is 4.98 Å². The summed E-state index contributed by atoms with van der Waals surface area (Å²) in [5.41, 5.74) is -0.300. The number of hydrogen-bond acceptors (Lipinski definition) is 5. The first-order valence-electron chi connectivity index (χ1n) is 8.25. The highest BCUT2D eigenvalue weighted by molar-refractivity contribution is 5.86. The molecule has 1 aromatic heterocycles. The fraction of sp³-hybridized carbons (Fsp3) is 0.471. The van der Waals surface area contributed by atoms with Gasteiger partial charge in [-0.05, 0) is 31.5 Å². The van der Waals surface area contributed by atoms with Gasteiger partial charge in [0.05, 0.1) is 12.1 Å². The zero-order chi connectivity index (χ0) is 18.0. The second kappa shape index (κ2) is 6.87. The van der Waals surface area contributed by atoms with Crippen LogP contribution in [0.25, 0.3) is 11.4 Å². The second-order valence-corrected chi connectivity index (χ2v) is 6.34. The fourth-order valence-corrected chi connectivity index (χ4v) is 3.13. The van der Waals surface area contributed by atoms with Gasteiger partial charge in [-0.1, -0.05) is 18.5 Å². The largest absolute Gasteiger partial charge is 0.353 e. The number of carbonyl (C=O) groups excluding carboxylic acids is 1. The molecule has 0 bridgehead atoms. The van der Waals surface area contributed by atoms with Gasteiger partial charge in [0, 0.05) is 18.7 Å². The lowest BCUT2D eigenvalue weighted by Crippen LogP contribution is -2.62. The molecule has 1 atom stereocenters. The summed E-state index contributed by atoms with van der Waals surface area (Å²) in [5.74, 6) is -1.39. The Kier molecular flexibility index (Phi) is 4.80. The Bertz CT molecular complexity index is 780. The molecule has 3 rings (SSSR count). The van der Waals surface area contributed by atoms with Gasteiger partial charge in [0.2, 0.25) is 17.6 Å². The van der Waals surface area contributed by atoms with Gasteiger partial charge in [0.15, 0.2) is 11.6 Å². The number of aromatic nitrogens is 2. The van der Waals surface area contributed by atoms with Crippen LogP contribution in [0.4, 0.5) is 8.78 Å². The third-order valence-corrected chi connectivity index (χ3v) is 4.56. The lowest BCUT2D eigenvalue weighted by atomic mass is 9.90. The van der Waals surface area contributed by atoms with Crippen LogP contribution in [0, 0.1) is 11.6 Å². The first-order valence-corrected chi connectivity index (χ1v) is 8.25. The molecular formula is C17H20F2N4O2. The van der Waals surface area contributed by atoms with E-state index < -0.39 is 17.2 Å². The molecule has 134 valence electrons. The van der Waals surface area contributed by atoms with Gasteiger partial charge in [-0.3, -0.25) is 9.69 Å². The van der Waals surface area contributed by atoms with Crippen molar-refractivity contribution in [1.82, 2.24) is 20.4 Å². The quantitative estimate of drug-likeness (QED) is 0.897. The van der Waals surface area contributed by atoms with E-state index in [9.17, 15) is 13.6 Å². The number of amides is 1. The van der Waals surface area contributed by atoms with E-state index in [2.05, 4.69) is 15.5 Å². The molecule has 2 heterocycles. The molecule has 1 amide bonds. The summed E-state index contributed by atoms with van der Waals surface area (Å²) in [6.07, 6.45) is 1.58. The number of nitrogens with zero attached hydrogens (tertiary/aromatic N) is 3. The van der Waals surface area contributed by atoms with Crippen molar-refractivity contribution in [2.75, 3.05) is 13.1 Å². The van der Waals surface area contributed by atoms with Crippen molar-refractivity contribution in [3.63, 3.8) is 0 Å². The summed E-state index contributed by atoms with van der Waals surface area (Å²) in [7, 11) is 0. The maximum atomic E-state index is 13.4. The Morgan fingerprint density at radius 3 is 2.88 bits per heavy atom. The van der Waals surface area contributed by atoms with Crippen LogP contribution in [0.3, 0.4) is 0 Å². The van der Waals surface area contributed by atoms with Crippen LogP contribution in [-0.2, 0) is 11.3 Å². The standard InChI is InChI=1S/C17H20F2N4O2/c1-3-6-17(2)16(24)20-7-8-23(17)10-14-21-15(22-25-14)11-4-5-12(18)13(19)9-11/h4-5,9H,3,6-8,10H2,1-2H3,(H,20,24)/t17-/m0/s1. The summed E-state index contributed by atoms with van der Waals surface area (Å²) >= 11 is 0. The van der Waals surface area contributed by atoms with Crippen LogP contribution in [0.1, 0.15) is 32.6 Å². The predicted octanol–water partition coefficient (Wildman–Crippen LogP) is 2.51. The van der Waals surface area contributed by atoms with Crippen LogP contribution in [0.5, 0.6) is 0 Å². The molecule has 8 heteroatoms. The van der Waals surface area contributed by atoms with E-state index in [1.807, 2.05) is 18.7 Å². The van der Waals surface area contributed by atoms with E-state index in [-0.39, 0.29) is 11.7 Å². The van der Waals surface area contributed by atoms with Crippen molar-refractivity contribution in [1.29, 1.82) is 0 Å². The van der Waals surface area contributed by atoms with E-state index in [0.29, 0.717) is 37.5 Å². The lowest BCUT2D eigenvalue weighted by Gasteiger charge is -2.42. The smallest absolute Gasteiger partial charge is 0.241 e. The number of nitrogens with one attached hydrogen (secondary N) is 1. The average molecular weight is 350 g/mol. The van der Waals surface area contributed by atoms with Crippen LogP contribution in [0.2, 0.25) is 0 Å². The molecule has 0 spiro atoms.